The Hall–Kier alpha value is -0.465. The summed E-state index contributed by atoms with van der Waals surface area (Å²) in [5.41, 5.74) is 0. The second kappa shape index (κ2) is 7.69. The van der Waals surface area contributed by atoms with E-state index in [-0.39, 0.29) is 0 Å². The van der Waals surface area contributed by atoms with E-state index >= 15 is 0 Å². The summed E-state index contributed by atoms with van der Waals surface area (Å²) in [6.45, 7) is 9.03. The van der Waals surface area contributed by atoms with Crippen molar-refractivity contribution >= 4 is 13.7 Å². The fourth-order valence-electron chi connectivity index (χ4n) is 4.26. The van der Waals surface area contributed by atoms with Crippen molar-refractivity contribution in [2.45, 2.75) is 103 Å². The van der Waals surface area contributed by atoms with Crippen LogP contribution in [0.1, 0.15) is 79.1 Å². The molecular weight excluding hydrogens is 255 g/mol. The van der Waals surface area contributed by atoms with Crippen molar-refractivity contribution in [1.29, 1.82) is 0 Å². The van der Waals surface area contributed by atoms with Gasteiger partial charge in [-0.3, -0.25) is 4.99 Å². The average molecular weight is 288 g/mol. The van der Waals surface area contributed by atoms with Crippen LogP contribution in [0.15, 0.2) is 4.99 Å². The van der Waals surface area contributed by atoms with Crippen molar-refractivity contribution in [3.8, 4) is 0 Å². The van der Waals surface area contributed by atoms with E-state index < -0.39 is 0 Å². The van der Waals surface area contributed by atoms with Gasteiger partial charge in [0.2, 0.25) is 0 Å². The minimum Gasteiger partial charge on any atom is -0.355 e. The van der Waals surface area contributed by atoms with Crippen LogP contribution >= 0.6 is 0 Å². The molecule has 118 valence electrons. The molecule has 3 heteroatoms. The van der Waals surface area contributed by atoms with Gasteiger partial charge >= 0.3 is 0 Å². The molecule has 2 radical (unpaired) electrons. The lowest BCUT2D eigenvalue weighted by molar-refractivity contribution is 0.140. The molecule has 1 saturated heterocycles. The van der Waals surface area contributed by atoms with Gasteiger partial charge in [-0.2, -0.15) is 0 Å². The molecule has 3 atom stereocenters. The van der Waals surface area contributed by atoms with E-state index in [1.54, 1.807) is 0 Å². The zero-order valence-corrected chi connectivity index (χ0v) is 14.5. The summed E-state index contributed by atoms with van der Waals surface area (Å²) in [6, 6.07) is 1.61. The highest BCUT2D eigenvalue weighted by Gasteiger charge is 2.36. The van der Waals surface area contributed by atoms with Crippen molar-refractivity contribution in [3.05, 3.63) is 0 Å². The summed E-state index contributed by atoms with van der Waals surface area (Å²) in [5, 5.41) is 0. The highest BCUT2D eigenvalue weighted by molar-refractivity contribution is 6.11. The van der Waals surface area contributed by atoms with Crippen molar-refractivity contribution in [1.82, 2.24) is 4.90 Å². The van der Waals surface area contributed by atoms with Crippen LogP contribution in [0.5, 0.6) is 0 Å². The number of nitrogens with zero attached hydrogens (tertiary/aromatic N) is 2. The highest BCUT2D eigenvalue weighted by Crippen LogP contribution is 2.38. The third-order valence-corrected chi connectivity index (χ3v) is 5.08. The monoisotopic (exact) mass is 288 g/mol. The van der Waals surface area contributed by atoms with Crippen molar-refractivity contribution in [2.24, 2.45) is 10.9 Å². The van der Waals surface area contributed by atoms with Crippen LogP contribution in [-0.4, -0.2) is 36.7 Å². The fourth-order valence-corrected chi connectivity index (χ4v) is 4.26. The number of hydrogen-bond donors (Lipinski definition) is 0. The van der Waals surface area contributed by atoms with E-state index in [0.29, 0.717) is 23.9 Å². The lowest BCUT2D eigenvalue weighted by Gasteiger charge is -2.47. The Balaban J connectivity index is 2.22. The lowest BCUT2D eigenvalue weighted by Crippen LogP contribution is -2.52. The van der Waals surface area contributed by atoms with Crippen LogP contribution in [0.2, 0.25) is 5.82 Å². The predicted molar refractivity (Wildman–Crippen MR) is 93.3 cm³/mol. The smallest absolute Gasteiger partial charge is 0.0997 e. The number of hydrogen-bond acceptors (Lipinski definition) is 1. The van der Waals surface area contributed by atoms with Crippen LogP contribution < -0.4 is 0 Å². The molecule has 0 aromatic carbocycles. The molecule has 21 heavy (non-hydrogen) atoms. The maximum absolute atomic E-state index is 6.37. The first-order valence-electron chi connectivity index (χ1n) is 9.09. The number of likely N-dealkylation sites (tertiary alicyclic amines) is 1. The molecule has 2 fully saturated rings. The Morgan fingerprint density at radius 3 is 2.43 bits per heavy atom. The van der Waals surface area contributed by atoms with E-state index in [1.165, 1.54) is 50.8 Å². The Bertz CT molecular complexity index is 351. The third kappa shape index (κ3) is 4.50. The second-order valence-electron chi connectivity index (χ2n) is 7.64. The lowest BCUT2D eigenvalue weighted by atomic mass is 9.72. The van der Waals surface area contributed by atoms with Gasteiger partial charge < -0.3 is 4.90 Å². The summed E-state index contributed by atoms with van der Waals surface area (Å²) in [7, 11) is 6.37. The van der Waals surface area contributed by atoms with Gasteiger partial charge in [-0.25, -0.2) is 0 Å². The minimum atomic E-state index is 0.399. The molecule has 0 amide bonds. The molecule has 2 rings (SSSR count). The van der Waals surface area contributed by atoms with Gasteiger partial charge in [-0.1, -0.05) is 37.9 Å². The molecule has 3 unspecified atom stereocenters. The first-order valence-corrected chi connectivity index (χ1v) is 9.09. The van der Waals surface area contributed by atoms with E-state index in [1.807, 2.05) is 0 Å². The molecule has 0 N–H and O–H groups in total. The highest BCUT2D eigenvalue weighted by atomic mass is 15.2. The number of rotatable bonds is 2. The Morgan fingerprint density at radius 2 is 1.76 bits per heavy atom. The first kappa shape index (κ1) is 16.9. The maximum Gasteiger partial charge on any atom is 0.0997 e. The Labute approximate surface area is 133 Å². The number of fused-ring (bicyclic) bond motifs is 1. The number of piperidine rings is 1. The molecular formula is C18H33BN2. The summed E-state index contributed by atoms with van der Waals surface area (Å²) < 4.78 is 0. The van der Waals surface area contributed by atoms with E-state index in [2.05, 4.69) is 32.6 Å². The normalized spacial score (nSPS) is 33.7. The van der Waals surface area contributed by atoms with Gasteiger partial charge in [-0.15, -0.1) is 0 Å². The van der Waals surface area contributed by atoms with Gasteiger partial charge in [0, 0.05) is 24.5 Å². The first-order chi connectivity index (χ1) is 9.99. The largest absolute Gasteiger partial charge is 0.355 e. The van der Waals surface area contributed by atoms with Crippen LogP contribution in [0.4, 0.5) is 0 Å². The molecule has 1 aliphatic carbocycles. The molecule has 0 aromatic heterocycles. The van der Waals surface area contributed by atoms with Crippen molar-refractivity contribution in [2.75, 3.05) is 0 Å². The summed E-state index contributed by atoms with van der Waals surface area (Å²) >= 11 is 0. The fraction of sp³-hybridized carbons (Fsp3) is 0.944. The maximum atomic E-state index is 6.37. The summed E-state index contributed by atoms with van der Waals surface area (Å²) in [6.07, 6.45) is 10.2. The van der Waals surface area contributed by atoms with Gasteiger partial charge in [0.15, 0.2) is 0 Å². The van der Waals surface area contributed by atoms with Crippen LogP contribution in [-0.2, 0) is 0 Å². The second-order valence-corrected chi connectivity index (χ2v) is 7.64. The van der Waals surface area contributed by atoms with E-state index in [4.69, 9.17) is 12.8 Å². The average Bonchev–Trinajstić information content (AvgIpc) is 2.47. The van der Waals surface area contributed by atoms with Crippen LogP contribution in [0.3, 0.4) is 0 Å². The van der Waals surface area contributed by atoms with Gasteiger partial charge in [0.1, 0.15) is 0 Å². The quantitative estimate of drug-likeness (QED) is 0.678. The molecule has 1 aliphatic heterocycles. The van der Waals surface area contributed by atoms with Gasteiger partial charge in [0.25, 0.3) is 0 Å². The summed E-state index contributed by atoms with van der Waals surface area (Å²) in [4.78, 5) is 7.58. The van der Waals surface area contributed by atoms with Crippen molar-refractivity contribution < 1.29 is 0 Å². The SMILES string of the molecule is [B]C1CCCCCC2C(CCC(=NC(C)C)N2C(C)C)C1. The van der Waals surface area contributed by atoms with E-state index in [0.717, 1.165) is 12.3 Å². The Kier molecular flexibility index (Phi) is 6.19. The minimum absolute atomic E-state index is 0.399. The Morgan fingerprint density at radius 1 is 1.05 bits per heavy atom. The van der Waals surface area contributed by atoms with Crippen LogP contribution in [0, 0.1) is 5.92 Å². The zero-order chi connectivity index (χ0) is 15.4. The molecule has 1 heterocycles. The molecule has 0 spiro atoms. The third-order valence-electron chi connectivity index (χ3n) is 5.08. The molecule has 1 saturated carbocycles. The molecule has 2 aliphatic rings. The predicted octanol–water partition coefficient (Wildman–Crippen LogP) is 4.59. The number of aliphatic imine (C=N–C) groups is 1. The molecule has 2 nitrogen and oxygen atoms in total. The topological polar surface area (TPSA) is 15.6 Å². The van der Waals surface area contributed by atoms with Crippen LogP contribution in [0.25, 0.3) is 0 Å². The van der Waals surface area contributed by atoms with Gasteiger partial charge in [-0.05, 0) is 46.5 Å². The van der Waals surface area contributed by atoms with Crippen molar-refractivity contribution in [3.63, 3.8) is 0 Å². The van der Waals surface area contributed by atoms with E-state index in [9.17, 15) is 0 Å². The standard InChI is InChI=1S/C18H33BN2/c1-13(2)20-18-11-10-15-12-16(19)8-6-5-7-9-17(15)21(18)14(3)4/h13-17H,5-12H2,1-4H3. The molecule has 0 bridgehead atoms. The molecule has 0 aromatic rings. The summed E-state index contributed by atoms with van der Waals surface area (Å²) in [5.74, 6) is 2.54. The van der Waals surface area contributed by atoms with Gasteiger partial charge in [0.05, 0.1) is 13.7 Å². The number of amidine groups is 1. The zero-order valence-electron chi connectivity index (χ0n) is 14.5.